The van der Waals surface area contributed by atoms with Gasteiger partial charge in [-0.1, -0.05) is 23.9 Å². The lowest BCUT2D eigenvalue weighted by molar-refractivity contribution is 0.0691. The third-order valence-corrected chi connectivity index (χ3v) is 3.83. The van der Waals surface area contributed by atoms with Gasteiger partial charge >= 0.3 is 5.97 Å². The molecule has 1 heterocycles. The third-order valence-electron chi connectivity index (χ3n) is 2.98. The number of nitrogens with one attached hydrogen (secondary N) is 1. The highest BCUT2D eigenvalue weighted by Crippen LogP contribution is 2.13. The number of aromatic nitrogens is 2. The van der Waals surface area contributed by atoms with E-state index < -0.39 is 11.9 Å². The van der Waals surface area contributed by atoms with Crippen LogP contribution in [-0.4, -0.2) is 39.2 Å². The van der Waals surface area contributed by atoms with Crippen molar-refractivity contribution >= 4 is 23.6 Å². The van der Waals surface area contributed by atoms with Crippen molar-refractivity contribution in [2.45, 2.75) is 19.0 Å². The number of rotatable bonds is 6. The molecule has 0 atom stereocenters. The molecule has 6 nitrogen and oxygen atoms in total. The molecule has 1 amide bonds. The highest BCUT2D eigenvalue weighted by molar-refractivity contribution is 7.99. The van der Waals surface area contributed by atoms with Gasteiger partial charge < -0.3 is 10.4 Å². The van der Waals surface area contributed by atoms with Gasteiger partial charge in [-0.25, -0.2) is 14.8 Å². The van der Waals surface area contributed by atoms with Gasteiger partial charge in [0.25, 0.3) is 5.91 Å². The summed E-state index contributed by atoms with van der Waals surface area (Å²) in [6, 6.07) is 8.04. The Kier molecular flexibility index (Phi) is 5.70. The van der Waals surface area contributed by atoms with Gasteiger partial charge in [-0.15, -0.1) is 0 Å². The number of hydrogen-bond acceptors (Lipinski definition) is 5. The lowest BCUT2D eigenvalue weighted by Gasteiger charge is -2.07. The van der Waals surface area contributed by atoms with Crippen LogP contribution < -0.4 is 5.32 Å². The van der Waals surface area contributed by atoms with E-state index in [0.29, 0.717) is 17.5 Å². The number of nitrogens with zero attached hydrogens (tertiary/aromatic N) is 2. The predicted octanol–water partition coefficient (Wildman–Crippen LogP) is 2.31. The fourth-order valence-electron chi connectivity index (χ4n) is 2.03. The normalized spacial score (nSPS) is 10.3. The molecule has 2 rings (SSSR count). The average molecular weight is 331 g/mol. The van der Waals surface area contributed by atoms with Gasteiger partial charge in [-0.05, 0) is 32.0 Å². The van der Waals surface area contributed by atoms with E-state index in [1.165, 1.54) is 23.9 Å². The van der Waals surface area contributed by atoms with Crippen molar-refractivity contribution in [3.05, 3.63) is 52.8 Å². The van der Waals surface area contributed by atoms with Crippen molar-refractivity contribution in [3.8, 4) is 0 Å². The van der Waals surface area contributed by atoms with Gasteiger partial charge in [0, 0.05) is 23.7 Å². The van der Waals surface area contributed by atoms with E-state index in [1.807, 2.05) is 19.9 Å². The van der Waals surface area contributed by atoms with Gasteiger partial charge in [0.1, 0.15) is 0 Å². The van der Waals surface area contributed by atoms with E-state index in [-0.39, 0.29) is 11.1 Å². The predicted molar refractivity (Wildman–Crippen MR) is 88.0 cm³/mol. The highest BCUT2D eigenvalue weighted by atomic mass is 32.2. The first-order valence-corrected chi connectivity index (χ1v) is 8.01. The van der Waals surface area contributed by atoms with E-state index in [1.54, 1.807) is 12.1 Å². The van der Waals surface area contributed by atoms with E-state index >= 15 is 0 Å². The van der Waals surface area contributed by atoms with Crippen LogP contribution in [0.2, 0.25) is 0 Å². The minimum atomic E-state index is -1.12. The quantitative estimate of drug-likeness (QED) is 0.479. The first-order valence-electron chi connectivity index (χ1n) is 7.03. The van der Waals surface area contributed by atoms with Gasteiger partial charge in [-0.3, -0.25) is 4.79 Å². The number of thioether (sulfide) groups is 1. The van der Waals surface area contributed by atoms with Crippen LogP contribution in [0, 0.1) is 13.8 Å². The minimum Gasteiger partial charge on any atom is -0.478 e. The molecule has 0 aliphatic heterocycles. The summed E-state index contributed by atoms with van der Waals surface area (Å²) >= 11 is 1.44. The minimum absolute atomic E-state index is 0.00436. The summed E-state index contributed by atoms with van der Waals surface area (Å²) in [4.78, 5) is 31.8. The molecule has 1 aromatic carbocycles. The van der Waals surface area contributed by atoms with Crippen LogP contribution in [0.15, 0.2) is 35.5 Å². The molecule has 0 unspecified atom stereocenters. The number of carboxylic acids is 1. The van der Waals surface area contributed by atoms with E-state index in [0.717, 1.165) is 11.4 Å². The second kappa shape index (κ2) is 7.73. The summed E-state index contributed by atoms with van der Waals surface area (Å²) in [5, 5.41) is 12.5. The van der Waals surface area contributed by atoms with Crippen LogP contribution in [0.5, 0.6) is 0 Å². The number of carboxylic acid groups (broad SMARTS) is 1. The van der Waals surface area contributed by atoms with Crippen molar-refractivity contribution in [2.75, 3.05) is 12.3 Å². The maximum atomic E-state index is 12.1. The summed E-state index contributed by atoms with van der Waals surface area (Å²) in [7, 11) is 0. The molecule has 7 heteroatoms. The monoisotopic (exact) mass is 331 g/mol. The second-order valence-electron chi connectivity index (χ2n) is 4.89. The summed E-state index contributed by atoms with van der Waals surface area (Å²) in [6.45, 7) is 4.21. The smallest absolute Gasteiger partial charge is 0.336 e. The Bertz CT molecular complexity index is 714. The van der Waals surface area contributed by atoms with Crippen LogP contribution >= 0.6 is 11.8 Å². The van der Waals surface area contributed by atoms with Crippen LogP contribution in [0.4, 0.5) is 0 Å². The van der Waals surface area contributed by atoms with Crippen molar-refractivity contribution in [1.29, 1.82) is 0 Å². The Morgan fingerprint density at radius 2 is 1.74 bits per heavy atom. The van der Waals surface area contributed by atoms with Crippen LogP contribution in [0.1, 0.15) is 32.1 Å². The Morgan fingerprint density at radius 3 is 2.35 bits per heavy atom. The SMILES string of the molecule is Cc1cc(C)nc(SCCNC(=O)c2ccccc2C(=O)O)n1. The van der Waals surface area contributed by atoms with E-state index in [4.69, 9.17) is 5.11 Å². The molecule has 2 N–H and O–H groups in total. The Morgan fingerprint density at radius 1 is 1.13 bits per heavy atom. The van der Waals surface area contributed by atoms with E-state index in [2.05, 4.69) is 15.3 Å². The van der Waals surface area contributed by atoms with E-state index in [9.17, 15) is 9.59 Å². The largest absolute Gasteiger partial charge is 0.478 e. The molecule has 1 aromatic heterocycles. The third kappa shape index (κ3) is 4.79. The number of benzene rings is 1. The molecule has 0 fully saturated rings. The Labute approximate surface area is 138 Å². The van der Waals surface area contributed by atoms with Gasteiger partial charge in [0.2, 0.25) is 0 Å². The van der Waals surface area contributed by atoms with Crippen molar-refractivity contribution in [1.82, 2.24) is 15.3 Å². The Hall–Kier alpha value is -2.41. The fraction of sp³-hybridized carbons (Fsp3) is 0.250. The summed E-state index contributed by atoms with van der Waals surface area (Å²) in [5.41, 5.74) is 1.96. The zero-order valence-corrected chi connectivity index (χ0v) is 13.7. The topological polar surface area (TPSA) is 92.2 Å². The number of hydrogen-bond donors (Lipinski definition) is 2. The molecule has 0 aliphatic carbocycles. The first kappa shape index (κ1) is 17.0. The lowest BCUT2D eigenvalue weighted by Crippen LogP contribution is -2.27. The van der Waals surface area contributed by atoms with Crippen molar-refractivity contribution in [2.24, 2.45) is 0 Å². The lowest BCUT2D eigenvalue weighted by atomic mass is 10.1. The molecule has 120 valence electrons. The standard InChI is InChI=1S/C16H17N3O3S/c1-10-9-11(2)19-16(18-10)23-8-7-17-14(20)12-5-3-4-6-13(12)15(21)22/h3-6,9H,7-8H2,1-2H3,(H,17,20)(H,21,22). The number of amides is 1. The van der Waals surface area contributed by atoms with Gasteiger partial charge in [0.15, 0.2) is 5.16 Å². The van der Waals surface area contributed by atoms with Crippen molar-refractivity contribution in [3.63, 3.8) is 0 Å². The molecular formula is C16H17N3O3S. The molecule has 0 aliphatic rings. The van der Waals surface area contributed by atoms with Crippen LogP contribution in [0.3, 0.4) is 0 Å². The van der Waals surface area contributed by atoms with Crippen LogP contribution in [-0.2, 0) is 0 Å². The summed E-state index contributed by atoms with van der Waals surface area (Å²) < 4.78 is 0. The molecule has 0 radical (unpaired) electrons. The number of carbonyl (C=O) groups is 2. The molecule has 0 saturated heterocycles. The summed E-state index contributed by atoms with van der Waals surface area (Å²) in [6.07, 6.45) is 0. The Balaban J connectivity index is 1.89. The summed E-state index contributed by atoms with van der Waals surface area (Å²) in [5.74, 6) is -0.914. The average Bonchev–Trinajstić information content (AvgIpc) is 2.50. The molecule has 2 aromatic rings. The fourth-order valence-corrected chi connectivity index (χ4v) is 2.83. The first-order chi connectivity index (χ1) is 11.0. The molecular weight excluding hydrogens is 314 g/mol. The molecule has 0 bridgehead atoms. The molecule has 0 spiro atoms. The molecule has 23 heavy (non-hydrogen) atoms. The molecule has 0 saturated carbocycles. The highest BCUT2D eigenvalue weighted by Gasteiger charge is 2.15. The van der Waals surface area contributed by atoms with Gasteiger partial charge in [-0.2, -0.15) is 0 Å². The van der Waals surface area contributed by atoms with Crippen molar-refractivity contribution < 1.29 is 14.7 Å². The number of aryl methyl sites for hydroxylation is 2. The number of aromatic carboxylic acids is 1. The number of carbonyl (C=O) groups excluding carboxylic acids is 1. The van der Waals surface area contributed by atoms with Gasteiger partial charge in [0.05, 0.1) is 11.1 Å². The second-order valence-corrected chi connectivity index (χ2v) is 5.95. The zero-order chi connectivity index (χ0) is 16.8. The van der Waals surface area contributed by atoms with Crippen LogP contribution in [0.25, 0.3) is 0 Å². The zero-order valence-electron chi connectivity index (χ0n) is 12.9. The maximum Gasteiger partial charge on any atom is 0.336 e. The maximum absolute atomic E-state index is 12.1.